The average Bonchev–Trinajstić information content (AvgIpc) is 2.86. The second-order valence-electron chi connectivity index (χ2n) is 3.61. The molecule has 0 spiro atoms. The standard InChI is InChI=1S/C11H9N2O3.W/c1-7-9-3-2-8(6-10(9)16-12-7)13-4-5-15-11(13)14;/h2-3,5-6H,4H2,1H3;/q-1;. The molecule has 0 radical (unpaired) electrons. The third kappa shape index (κ3) is 1.95. The third-order valence-corrected chi connectivity index (χ3v) is 2.61. The molecule has 2 aromatic rings. The van der Waals surface area contributed by atoms with Crippen LogP contribution in [0.25, 0.3) is 11.0 Å². The van der Waals surface area contributed by atoms with Crippen LogP contribution in [-0.2, 0) is 25.8 Å². The summed E-state index contributed by atoms with van der Waals surface area (Å²) in [6.45, 7) is 3.80. The van der Waals surface area contributed by atoms with Gasteiger partial charge in [-0.1, -0.05) is 11.7 Å². The Bertz CT molecular complexity index is 567. The zero-order valence-electron chi connectivity index (χ0n) is 9.04. The van der Waals surface area contributed by atoms with E-state index in [0.29, 0.717) is 12.1 Å². The molecule has 1 aliphatic heterocycles. The molecule has 6 heteroatoms. The first-order valence-corrected chi connectivity index (χ1v) is 4.91. The molecular formula is C11H9N2O3W-. The number of cyclic esters (lactones) is 1. The van der Waals surface area contributed by atoms with Crippen LogP contribution in [0.15, 0.2) is 22.7 Å². The molecule has 0 unspecified atom stereocenters. The predicted molar refractivity (Wildman–Crippen MR) is 56.9 cm³/mol. The van der Waals surface area contributed by atoms with Crippen LogP contribution in [0.2, 0.25) is 0 Å². The van der Waals surface area contributed by atoms with Gasteiger partial charge in [0.1, 0.15) is 0 Å². The predicted octanol–water partition coefficient (Wildman–Crippen LogP) is 2.25. The number of anilines is 1. The number of fused-ring (bicyclic) bond motifs is 1. The number of carbonyl (C=O) groups is 1. The van der Waals surface area contributed by atoms with Gasteiger partial charge in [0.2, 0.25) is 0 Å². The average molecular weight is 401 g/mol. The Balaban J connectivity index is 0.00000108. The molecule has 88 valence electrons. The van der Waals surface area contributed by atoms with E-state index in [4.69, 9.17) is 9.26 Å². The van der Waals surface area contributed by atoms with Crippen molar-refractivity contribution in [3.05, 3.63) is 30.5 Å². The second-order valence-corrected chi connectivity index (χ2v) is 3.61. The summed E-state index contributed by atoms with van der Waals surface area (Å²) in [5, 5.41) is 4.82. The van der Waals surface area contributed by atoms with Gasteiger partial charge in [0.05, 0.1) is 5.69 Å². The molecule has 1 amide bonds. The van der Waals surface area contributed by atoms with Crippen molar-refractivity contribution in [1.29, 1.82) is 0 Å². The van der Waals surface area contributed by atoms with Gasteiger partial charge in [-0.2, -0.15) is 0 Å². The molecule has 1 aliphatic rings. The smallest absolute Gasteiger partial charge is 0.380 e. The number of aromatic nitrogens is 1. The van der Waals surface area contributed by atoms with Crippen LogP contribution in [0.4, 0.5) is 10.5 Å². The fraction of sp³-hybridized carbons (Fsp3) is 0.182. The van der Waals surface area contributed by atoms with E-state index in [1.807, 2.05) is 19.1 Å². The van der Waals surface area contributed by atoms with Crippen molar-refractivity contribution in [2.75, 3.05) is 11.4 Å². The van der Waals surface area contributed by atoms with Crippen LogP contribution >= 0.6 is 0 Å². The number of carbonyl (C=O) groups excluding carboxylic acids is 1. The molecule has 0 saturated carbocycles. The number of hydrogen-bond acceptors (Lipinski definition) is 4. The van der Waals surface area contributed by atoms with Crippen molar-refractivity contribution < 1.29 is 35.1 Å². The summed E-state index contributed by atoms with van der Waals surface area (Å²) in [4.78, 5) is 12.9. The fourth-order valence-electron chi connectivity index (χ4n) is 1.75. The van der Waals surface area contributed by atoms with Crippen LogP contribution in [0.5, 0.6) is 0 Å². The molecule has 5 nitrogen and oxygen atoms in total. The molecule has 1 aromatic heterocycles. The van der Waals surface area contributed by atoms with E-state index in [9.17, 15) is 4.79 Å². The molecule has 1 fully saturated rings. The van der Waals surface area contributed by atoms with E-state index in [-0.39, 0.29) is 27.2 Å². The van der Waals surface area contributed by atoms with Crippen LogP contribution < -0.4 is 4.90 Å². The summed E-state index contributed by atoms with van der Waals surface area (Å²) in [6, 6.07) is 5.53. The molecular weight excluding hydrogens is 392 g/mol. The van der Waals surface area contributed by atoms with Crippen molar-refractivity contribution in [2.24, 2.45) is 0 Å². The molecule has 1 saturated heterocycles. The second kappa shape index (κ2) is 4.49. The van der Waals surface area contributed by atoms with E-state index in [2.05, 4.69) is 5.16 Å². The molecule has 0 aliphatic carbocycles. The zero-order chi connectivity index (χ0) is 11.1. The number of rotatable bonds is 1. The summed E-state index contributed by atoms with van der Waals surface area (Å²) >= 11 is 0. The molecule has 17 heavy (non-hydrogen) atoms. The molecule has 0 N–H and O–H groups in total. The van der Waals surface area contributed by atoms with Gasteiger partial charge in [-0.05, 0) is 19.1 Å². The van der Waals surface area contributed by atoms with Gasteiger partial charge in [0.15, 0.2) is 5.58 Å². The monoisotopic (exact) mass is 401 g/mol. The van der Waals surface area contributed by atoms with Crippen LogP contribution in [0.3, 0.4) is 0 Å². The number of nitrogens with zero attached hydrogens (tertiary/aromatic N) is 2. The number of hydrogen-bond donors (Lipinski definition) is 0. The minimum absolute atomic E-state index is 0. The zero-order valence-corrected chi connectivity index (χ0v) is 12.0. The summed E-state index contributed by atoms with van der Waals surface area (Å²) in [5.41, 5.74) is 2.27. The molecule has 1 aromatic carbocycles. The van der Waals surface area contributed by atoms with Gasteiger partial charge in [-0.25, -0.2) is 4.79 Å². The Morgan fingerprint density at radius 2 is 2.29 bits per heavy atom. The van der Waals surface area contributed by atoms with Gasteiger partial charge >= 0.3 is 6.09 Å². The Labute approximate surface area is 112 Å². The minimum atomic E-state index is -0.365. The van der Waals surface area contributed by atoms with Gasteiger partial charge in [0, 0.05) is 38.2 Å². The maximum atomic E-state index is 11.3. The first kappa shape index (κ1) is 12.1. The summed E-state index contributed by atoms with van der Waals surface area (Å²) in [5.74, 6) is 0. The number of ether oxygens (including phenoxy) is 1. The van der Waals surface area contributed by atoms with Crippen LogP contribution in [0.1, 0.15) is 5.69 Å². The third-order valence-electron chi connectivity index (χ3n) is 2.61. The van der Waals surface area contributed by atoms with Crippen molar-refractivity contribution in [3.8, 4) is 0 Å². The number of amides is 1. The minimum Gasteiger partial charge on any atom is -0.619 e. The first-order chi connectivity index (χ1) is 7.75. The molecule has 3 rings (SSSR count). The van der Waals surface area contributed by atoms with E-state index in [1.165, 1.54) is 11.5 Å². The summed E-state index contributed by atoms with van der Waals surface area (Å²) in [6.07, 6.45) is -0.365. The Morgan fingerprint density at radius 3 is 3.00 bits per heavy atom. The van der Waals surface area contributed by atoms with Crippen LogP contribution in [-0.4, -0.2) is 17.8 Å². The van der Waals surface area contributed by atoms with E-state index >= 15 is 0 Å². The number of benzene rings is 1. The summed E-state index contributed by atoms with van der Waals surface area (Å²) in [7, 11) is 0. The maximum absolute atomic E-state index is 11.3. The molecule has 0 bridgehead atoms. The normalized spacial score (nSPS) is 14.9. The van der Waals surface area contributed by atoms with E-state index in [1.54, 1.807) is 6.07 Å². The number of aryl methyl sites for hydroxylation is 1. The van der Waals surface area contributed by atoms with E-state index < -0.39 is 0 Å². The van der Waals surface area contributed by atoms with Gasteiger partial charge in [-0.15, -0.1) is 6.61 Å². The Hall–Kier alpha value is -1.35. The quantitative estimate of drug-likeness (QED) is 0.689. The SMILES string of the molecule is Cc1noc2cc(N3C[CH-]OC3=O)ccc12.[W]. The van der Waals surface area contributed by atoms with Gasteiger partial charge in [0.25, 0.3) is 0 Å². The van der Waals surface area contributed by atoms with E-state index in [0.717, 1.165) is 16.8 Å². The topological polar surface area (TPSA) is 55.6 Å². The van der Waals surface area contributed by atoms with Crippen molar-refractivity contribution in [2.45, 2.75) is 6.92 Å². The van der Waals surface area contributed by atoms with Gasteiger partial charge in [-0.3, -0.25) is 0 Å². The van der Waals surface area contributed by atoms with Crippen molar-refractivity contribution in [3.63, 3.8) is 0 Å². The van der Waals surface area contributed by atoms with Crippen molar-refractivity contribution >= 4 is 22.7 Å². The first-order valence-electron chi connectivity index (χ1n) is 4.91. The van der Waals surface area contributed by atoms with Crippen LogP contribution in [0, 0.1) is 13.5 Å². The molecule has 0 atom stereocenters. The van der Waals surface area contributed by atoms with Gasteiger partial charge < -0.3 is 14.2 Å². The Kier molecular flexibility index (Phi) is 3.20. The van der Waals surface area contributed by atoms with Crippen molar-refractivity contribution in [1.82, 2.24) is 5.16 Å². The fourth-order valence-corrected chi connectivity index (χ4v) is 1.75. The molecule has 2 heterocycles. The Morgan fingerprint density at radius 1 is 1.47 bits per heavy atom. The summed E-state index contributed by atoms with van der Waals surface area (Å²) < 4.78 is 9.90. The largest absolute Gasteiger partial charge is 0.619 e. The maximum Gasteiger partial charge on any atom is 0.380 e.